The number of alkyl carbamates (subject to hydrolysis) is 1. The van der Waals surface area contributed by atoms with Crippen LogP contribution >= 0.6 is 22.7 Å². The van der Waals surface area contributed by atoms with Gasteiger partial charge >= 0.3 is 6.09 Å². The zero-order valence-corrected chi connectivity index (χ0v) is 24.9. The van der Waals surface area contributed by atoms with Crippen molar-refractivity contribution in [1.29, 1.82) is 0 Å². The monoisotopic (exact) mass is 592 g/mol. The van der Waals surface area contributed by atoms with Gasteiger partial charge in [0.25, 0.3) is 0 Å². The Labute approximate surface area is 245 Å². The molecule has 0 bridgehead atoms. The Morgan fingerprint density at radius 1 is 1.12 bits per heavy atom. The summed E-state index contributed by atoms with van der Waals surface area (Å²) < 4.78 is 7.19. The summed E-state index contributed by atoms with van der Waals surface area (Å²) in [4.78, 5) is 42.9. The van der Waals surface area contributed by atoms with Crippen molar-refractivity contribution in [3.63, 3.8) is 0 Å². The summed E-state index contributed by atoms with van der Waals surface area (Å²) in [5.41, 5.74) is 7.02. The second-order valence-corrected chi connectivity index (χ2v) is 12.7. The van der Waals surface area contributed by atoms with E-state index >= 15 is 0 Å². The molecule has 1 fully saturated rings. The zero-order chi connectivity index (χ0) is 28.7. The van der Waals surface area contributed by atoms with Gasteiger partial charge in [-0.05, 0) is 36.5 Å². The molecule has 12 heteroatoms. The Morgan fingerprint density at radius 2 is 1.83 bits per heavy atom. The Balaban J connectivity index is 1.18. The molecule has 2 aliphatic rings. The molecule has 3 aromatic heterocycles. The predicted molar refractivity (Wildman–Crippen MR) is 161 cm³/mol. The van der Waals surface area contributed by atoms with Crippen molar-refractivity contribution in [1.82, 2.24) is 30.7 Å². The molecule has 3 N–H and O–H groups in total. The largest absolute Gasteiger partial charge is 0.453 e. The van der Waals surface area contributed by atoms with Gasteiger partial charge in [0.2, 0.25) is 5.91 Å². The van der Waals surface area contributed by atoms with Crippen LogP contribution in [0.2, 0.25) is 0 Å². The van der Waals surface area contributed by atoms with E-state index in [1.807, 2.05) is 38.2 Å². The fourth-order valence-corrected chi connectivity index (χ4v) is 7.60. The summed E-state index contributed by atoms with van der Waals surface area (Å²) in [5.74, 6) is 0.586. The summed E-state index contributed by atoms with van der Waals surface area (Å²) in [6.45, 7) is 4.46. The minimum Gasteiger partial charge on any atom is -0.453 e. The van der Waals surface area contributed by atoms with Gasteiger partial charge in [0.15, 0.2) is 0 Å². The minimum absolute atomic E-state index is 0.0739. The Hall–Kier alpha value is -3.87. The number of hydrogen-bond donors (Lipinski definition) is 3. The number of hydrogen-bond acceptors (Lipinski definition) is 9. The Morgan fingerprint density at radius 3 is 2.51 bits per heavy atom. The van der Waals surface area contributed by atoms with Gasteiger partial charge < -0.3 is 19.9 Å². The highest BCUT2D eigenvalue weighted by atomic mass is 32.1. The standard InChI is InChI=1S/C29H32N6O4S2/c1-16(2)26(32-29(37)38-4)28(36)35-11-5-6-21(35)27-30-14-19(31-27)23-13-25-24(41-23)12-22(40-25)18-9-7-17(8-10-18)20-15-34(3)39-33-20/h7-10,12-16,21,26,33H,5-6,11H2,1-4H3,(H,30,31)(H,32,37). The number of carbonyl (C=O) groups is 2. The van der Waals surface area contributed by atoms with Gasteiger partial charge in [0.1, 0.15) is 11.9 Å². The molecule has 1 saturated heterocycles. The third-order valence-electron chi connectivity index (χ3n) is 7.40. The van der Waals surface area contributed by atoms with E-state index in [0.717, 1.165) is 40.5 Å². The highest BCUT2D eigenvalue weighted by Gasteiger charge is 2.37. The summed E-state index contributed by atoms with van der Waals surface area (Å²) in [5, 5.41) is 4.33. The molecule has 0 spiro atoms. The maximum absolute atomic E-state index is 13.4. The number of fused-ring (bicyclic) bond motifs is 1. The molecule has 0 aliphatic carbocycles. The number of rotatable bonds is 7. The van der Waals surface area contributed by atoms with Crippen LogP contribution in [0.1, 0.15) is 44.1 Å². The lowest BCUT2D eigenvalue weighted by molar-refractivity contribution is -0.135. The number of ether oxygens (including phenoxy) is 1. The molecule has 2 aliphatic heterocycles. The van der Waals surface area contributed by atoms with Crippen molar-refractivity contribution in [2.75, 3.05) is 20.7 Å². The molecule has 214 valence electrons. The number of methoxy groups -OCH3 is 1. The van der Waals surface area contributed by atoms with Crippen molar-refractivity contribution >= 4 is 49.8 Å². The normalized spacial score (nSPS) is 17.7. The number of aromatic amines is 1. The summed E-state index contributed by atoms with van der Waals surface area (Å²) in [7, 11) is 3.14. The number of benzene rings is 1. The summed E-state index contributed by atoms with van der Waals surface area (Å²) in [6, 6.07) is 12.1. The predicted octanol–water partition coefficient (Wildman–Crippen LogP) is 5.74. The number of imidazole rings is 1. The van der Waals surface area contributed by atoms with Crippen molar-refractivity contribution in [2.45, 2.75) is 38.8 Å². The molecular formula is C29H32N6O4S2. The second kappa shape index (κ2) is 11.2. The first-order valence-corrected chi connectivity index (χ1v) is 15.2. The van der Waals surface area contributed by atoms with Crippen LogP contribution in [0.15, 0.2) is 48.8 Å². The van der Waals surface area contributed by atoms with E-state index in [-0.39, 0.29) is 17.9 Å². The highest BCUT2D eigenvalue weighted by molar-refractivity contribution is 7.31. The van der Waals surface area contributed by atoms with Gasteiger partial charge in [-0.15, -0.1) is 22.7 Å². The number of likely N-dealkylation sites (tertiary alicyclic amines) is 1. The number of nitrogens with one attached hydrogen (secondary N) is 3. The van der Waals surface area contributed by atoms with Crippen LogP contribution < -0.4 is 10.8 Å². The Kier molecular flexibility index (Phi) is 7.45. The van der Waals surface area contributed by atoms with Crippen LogP contribution in [0.4, 0.5) is 4.79 Å². The van der Waals surface area contributed by atoms with E-state index in [0.29, 0.717) is 6.54 Å². The van der Waals surface area contributed by atoms with E-state index in [1.165, 1.54) is 27.0 Å². The lowest BCUT2D eigenvalue weighted by Crippen LogP contribution is -2.51. The third kappa shape index (κ3) is 5.42. The van der Waals surface area contributed by atoms with Crippen LogP contribution in [0.3, 0.4) is 0 Å². The number of amides is 2. The molecule has 41 heavy (non-hydrogen) atoms. The molecule has 4 aromatic rings. The fraction of sp³-hybridized carbons (Fsp3) is 0.345. The molecule has 1 aromatic carbocycles. The number of thiophene rings is 2. The van der Waals surface area contributed by atoms with Crippen LogP contribution in [0.25, 0.3) is 36.1 Å². The molecule has 0 radical (unpaired) electrons. The molecule has 2 amide bonds. The number of hydroxylamine groups is 3. The maximum atomic E-state index is 13.4. The van der Waals surface area contributed by atoms with Gasteiger partial charge in [-0.2, -0.15) is 4.94 Å². The topological polar surface area (TPSA) is 112 Å². The van der Waals surface area contributed by atoms with Crippen molar-refractivity contribution in [3.05, 3.63) is 60.2 Å². The van der Waals surface area contributed by atoms with E-state index in [1.54, 1.807) is 27.7 Å². The quantitative estimate of drug-likeness (QED) is 0.251. The number of aromatic nitrogens is 2. The number of nitrogens with zero attached hydrogens (tertiary/aromatic N) is 3. The van der Waals surface area contributed by atoms with Crippen molar-refractivity contribution in [3.8, 4) is 21.0 Å². The van der Waals surface area contributed by atoms with Gasteiger partial charge in [0.05, 0.1) is 41.8 Å². The van der Waals surface area contributed by atoms with Crippen LogP contribution in [0, 0.1) is 5.92 Å². The van der Waals surface area contributed by atoms with Crippen LogP contribution in [0.5, 0.6) is 0 Å². The lowest BCUT2D eigenvalue weighted by Gasteiger charge is -2.30. The minimum atomic E-state index is -0.654. The van der Waals surface area contributed by atoms with Gasteiger partial charge in [-0.25, -0.2) is 20.3 Å². The smallest absolute Gasteiger partial charge is 0.407 e. The average Bonchev–Trinajstić information content (AvgIpc) is 3.78. The highest BCUT2D eigenvalue weighted by Crippen LogP contribution is 2.42. The lowest BCUT2D eigenvalue weighted by atomic mass is 10.0. The number of H-pyrrole nitrogens is 1. The molecule has 10 nitrogen and oxygen atoms in total. The summed E-state index contributed by atoms with van der Waals surface area (Å²) >= 11 is 3.50. The first kappa shape index (κ1) is 27.3. The van der Waals surface area contributed by atoms with E-state index in [4.69, 9.17) is 9.68 Å². The van der Waals surface area contributed by atoms with Crippen molar-refractivity contribution in [2.24, 2.45) is 5.92 Å². The van der Waals surface area contributed by atoms with Gasteiger partial charge in [0, 0.05) is 33.4 Å². The molecule has 2 atom stereocenters. The molecule has 2 unspecified atom stereocenters. The van der Waals surface area contributed by atoms with E-state index in [9.17, 15) is 9.59 Å². The average molecular weight is 593 g/mol. The van der Waals surface area contributed by atoms with Crippen molar-refractivity contribution < 1.29 is 19.3 Å². The van der Waals surface area contributed by atoms with Crippen LogP contribution in [-0.2, 0) is 14.5 Å². The maximum Gasteiger partial charge on any atom is 0.407 e. The second-order valence-electron chi connectivity index (χ2n) is 10.5. The van der Waals surface area contributed by atoms with E-state index in [2.05, 4.69) is 57.2 Å². The first-order chi connectivity index (χ1) is 19.8. The van der Waals surface area contributed by atoms with Gasteiger partial charge in [-0.3, -0.25) is 4.79 Å². The van der Waals surface area contributed by atoms with Gasteiger partial charge in [-0.1, -0.05) is 38.1 Å². The summed E-state index contributed by atoms with van der Waals surface area (Å²) in [6.07, 6.45) is 4.86. The SMILES string of the molecule is COC(=O)NC(C(=O)N1CCCC1c1ncc(-c2cc3sc(-c4ccc(C5=CN(C)ON5)cc4)cc3s2)[nH]1)C(C)C. The Bertz CT molecular complexity index is 1570. The molecule has 6 rings (SSSR count). The molecule has 5 heterocycles. The fourth-order valence-electron chi connectivity index (χ4n) is 5.24. The third-order valence-corrected chi connectivity index (χ3v) is 9.78. The van der Waals surface area contributed by atoms with Crippen LogP contribution in [-0.4, -0.2) is 58.7 Å². The molecule has 0 saturated carbocycles. The van der Waals surface area contributed by atoms with E-state index < -0.39 is 12.1 Å². The zero-order valence-electron chi connectivity index (χ0n) is 23.3. The number of carbonyl (C=O) groups excluding carboxylic acids is 2. The first-order valence-electron chi connectivity index (χ1n) is 13.5. The molecular weight excluding hydrogens is 560 g/mol.